The zero-order valence-corrected chi connectivity index (χ0v) is 11.5. The van der Waals surface area contributed by atoms with Gasteiger partial charge in [0, 0.05) is 18.3 Å². The van der Waals surface area contributed by atoms with Gasteiger partial charge in [0.15, 0.2) is 0 Å². The van der Waals surface area contributed by atoms with Crippen molar-refractivity contribution >= 4 is 0 Å². The Bertz CT molecular complexity index is 386. The quantitative estimate of drug-likeness (QED) is 0.888. The normalized spacial score (nSPS) is 17.3. The van der Waals surface area contributed by atoms with Crippen molar-refractivity contribution in [1.82, 2.24) is 9.88 Å². The number of hydrogen-bond acceptors (Lipinski definition) is 3. The number of pyridine rings is 1. The molecule has 1 aromatic rings. The fourth-order valence-corrected chi connectivity index (χ4v) is 2.86. The van der Waals surface area contributed by atoms with Crippen LogP contribution in [0.25, 0.3) is 0 Å². The van der Waals surface area contributed by atoms with E-state index in [1.807, 2.05) is 13.0 Å². The van der Waals surface area contributed by atoms with Crippen LogP contribution in [0.15, 0.2) is 12.1 Å². The minimum Gasteiger partial charge on any atom is -0.506 e. The van der Waals surface area contributed by atoms with E-state index < -0.39 is 0 Å². The Balaban J connectivity index is 2.06. The van der Waals surface area contributed by atoms with Gasteiger partial charge in [0.2, 0.25) is 0 Å². The van der Waals surface area contributed by atoms with Gasteiger partial charge in [0.05, 0.1) is 5.69 Å². The molecular formula is C15H24N2O. The van der Waals surface area contributed by atoms with E-state index in [0.29, 0.717) is 11.8 Å². The number of rotatable bonds is 4. The zero-order chi connectivity index (χ0) is 13.0. The Hall–Kier alpha value is -1.09. The summed E-state index contributed by atoms with van der Waals surface area (Å²) in [5.74, 6) is 0.329. The van der Waals surface area contributed by atoms with Crippen molar-refractivity contribution in [3.05, 3.63) is 23.5 Å². The van der Waals surface area contributed by atoms with Gasteiger partial charge >= 0.3 is 0 Å². The fraction of sp³-hybridized carbons (Fsp3) is 0.667. The molecule has 0 unspecified atom stereocenters. The monoisotopic (exact) mass is 248 g/mol. The maximum absolute atomic E-state index is 9.89. The first kappa shape index (κ1) is 13.3. The molecule has 0 amide bonds. The van der Waals surface area contributed by atoms with Crippen LogP contribution >= 0.6 is 0 Å². The Kier molecular flexibility index (Phi) is 4.59. The van der Waals surface area contributed by atoms with Crippen molar-refractivity contribution in [2.45, 2.75) is 58.5 Å². The molecule has 1 fully saturated rings. The molecule has 1 aromatic heterocycles. The zero-order valence-electron chi connectivity index (χ0n) is 11.5. The SMILES string of the molecule is CCN(Cc1nc(C)ccc1O)C1CCCCC1. The number of aryl methyl sites for hydroxylation is 1. The third-order valence-corrected chi connectivity index (χ3v) is 3.94. The molecule has 3 heteroatoms. The van der Waals surface area contributed by atoms with Gasteiger partial charge in [-0.05, 0) is 38.4 Å². The number of aromatic hydroxyl groups is 1. The first-order chi connectivity index (χ1) is 8.70. The molecule has 18 heavy (non-hydrogen) atoms. The average Bonchev–Trinajstić information content (AvgIpc) is 2.41. The third kappa shape index (κ3) is 3.22. The highest BCUT2D eigenvalue weighted by molar-refractivity contribution is 5.27. The van der Waals surface area contributed by atoms with Crippen LogP contribution in [0.3, 0.4) is 0 Å². The highest BCUT2D eigenvalue weighted by Crippen LogP contribution is 2.25. The summed E-state index contributed by atoms with van der Waals surface area (Å²) in [6, 6.07) is 4.28. The summed E-state index contributed by atoms with van der Waals surface area (Å²) in [6.07, 6.45) is 6.64. The van der Waals surface area contributed by atoms with Gasteiger partial charge in [-0.1, -0.05) is 26.2 Å². The highest BCUT2D eigenvalue weighted by Gasteiger charge is 2.21. The minimum absolute atomic E-state index is 0.329. The second-order valence-electron chi connectivity index (χ2n) is 5.27. The average molecular weight is 248 g/mol. The van der Waals surface area contributed by atoms with E-state index in [4.69, 9.17) is 0 Å². The van der Waals surface area contributed by atoms with Crippen LogP contribution < -0.4 is 0 Å². The molecule has 1 aliphatic rings. The second kappa shape index (κ2) is 6.19. The van der Waals surface area contributed by atoms with Gasteiger partial charge in [-0.3, -0.25) is 9.88 Å². The van der Waals surface area contributed by atoms with Crippen LogP contribution in [-0.2, 0) is 6.54 Å². The summed E-state index contributed by atoms with van der Waals surface area (Å²) < 4.78 is 0. The topological polar surface area (TPSA) is 36.4 Å². The van der Waals surface area contributed by atoms with Gasteiger partial charge < -0.3 is 5.11 Å². The van der Waals surface area contributed by atoms with E-state index in [-0.39, 0.29) is 0 Å². The van der Waals surface area contributed by atoms with E-state index in [9.17, 15) is 5.11 Å². The van der Waals surface area contributed by atoms with Crippen LogP contribution in [-0.4, -0.2) is 27.6 Å². The van der Waals surface area contributed by atoms with Crippen LogP contribution in [0.4, 0.5) is 0 Å². The van der Waals surface area contributed by atoms with Crippen molar-refractivity contribution in [1.29, 1.82) is 0 Å². The first-order valence-corrected chi connectivity index (χ1v) is 7.10. The van der Waals surface area contributed by atoms with Gasteiger partial charge in [-0.15, -0.1) is 0 Å². The van der Waals surface area contributed by atoms with Crippen molar-refractivity contribution < 1.29 is 5.11 Å². The summed E-state index contributed by atoms with van der Waals surface area (Å²) >= 11 is 0. The Morgan fingerprint density at radius 3 is 2.67 bits per heavy atom. The van der Waals surface area contributed by atoms with E-state index >= 15 is 0 Å². The lowest BCUT2D eigenvalue weighted by Crippen LogP contribution is -2.36. The van der Waals surface area contributed by atoms with E-state index in [0.717, 1.165) is 24.5 Å². The number of aromatic nitrogens is 1. The standard InChI is InChI=1S/C15H24N2O/c1-3-17(13-7-5-4-6-8-13)11-14-15(18)10-9-12(2)16-14/h9-10,13,18H,3-8,11H2,1-2H3. The third-order valence-electron chi connectivity index (χ3n) is 3.94. The molecule has 1 saturated carbocycles. The molecule has 1 heterocycles. The van der Waals surface area contributed by atoms with Gasteiger partial charge in [-0.2, -0.15) is 0 Å². The van der Waals surface area contributed by atoms with E-state index in [2.05, 4.69) is 16.8 Å². The highest BCUT2D eigenvalue weighted by atomic mass is 16.3. The molecule has 0 aromatic carbocycles. The van der Waals surface area contributed by atoms with Gasteiger partial charge in [0.25, 0.3) is 0 Å². The Morgan fingerprint density at radius 1 is 1.28 bits per heavy atom. The van der Waals surface area contributed by atoms with Crippen molar-refractivity contribution in [3.63, 3.8) is 0 Å². The molecule has 0 saturated heterocycles. The Morgan fingerprint density at radius 2 is 2.00 bits per heavy atom. The number of hydrogen-bond donors (Lipinski definition) is 1. The molecule has 0 aliphatic heterocycles. The summed E-state index contributed by atoms with van der Waals surface area (Å²) in [5.41, 5.74) is 1.80. The van der Waals surface area contributed by atoms with E-state index in [1.165, 1.54) is 32.1 Å². The minimum atomic E-state index is 0.329. The summed E-state index contributed by atoms with van der Waals surface area (Å²) in [7, 11) is 0. The smallest absolute Gasteiger partial charge is 0.138 e. The summed E-state index contributed by atoms with van der Waals surface area (Å²) in [4.78, 5) is 6.92. The van der Waals surface area contributed by atoms with Gasteiger partial charge in [0.1, 0.15) is 5.75 Å². The molecule has 0 bridgehead atoms. The second-order valence-corrected chi connectivity index (χ2v) is 5.27. The largest absolute Gasteiger partial charge is 0.506 e. The molecule has 2 rings (SSSR count). The molecule has 0 spiro atoms. The van der Waals surface area contributed by atoms with Gasteiger partial charge in [-0.25, -0.2) is 0 Å². The maximum atomic E-state index is 9.89. The molecule has 0 radical (unpaired) electrons. The maximum Gasteiger partial charge on any atom is 0.138 e. The predicted molar refractivity (Wildman–Crippen MR) is 73.6 cm³/mol. The fourth-order valence-electron chi connectivity index (χ4n) is 2.86. The van der Waals surface area contributed by atoms with Crippen molar-refractivity contribution in [3.8, 4) is 5.75 Å². The molecular weight excluding hydrogens is 224 g/mol. The van der Waals surface area contributed by atoms with Crippen LogP contribution in [0.2, 0.25) is 0 Å². The summed E-state index contributed by atoms with van der Waals surface area (Å²) in [6.45, 7) is 5.97. The Labute approximate surface area is 110 Å². The first-order valence-electron chi connectivity index (χ1n) is 7.10. The molecule has 1 N–H and O–H groups in total. The molecule has 3 nitrogen and oxygen atoms in total. The van der Waals surface area contributed by atoms with E-state index in [1.54, 1.807) is 6.07 Å². The van der Waals surface area contributed by atoms with Crippen LogP contribution in [0.5, 0.6) is 5.75 Å². The van der Waals surface area contributed by atoms with Crippen LogP contribution in [0, 0.1) is 6.92 Å². The summed E-state index contributed by atoms with van der Waals surface area (Å²) in [5, 5.41) is 9.89. The predicted octanol–water partition coefficient (Wildman–Crippen LogP) is 3.25. The number of nitrogens with zero attached hydrogens (tertiary/aromatic N) is 2. The van der Waals surface area contributed by atoms with Crippen molar-refractivity contribution in [2.75, 3.05) is 6.54 Å². The molecule has 100 valence electrons. The lowest BCUT2D eigenvalue weighted by Gasteiger charge is -2.33. The molecule has 0 atom stereocenters. The van der Waals surface area contributed by atoms with Crippen LogP contribution in [0.1, 0.15) is 50.4 Å². The lowest BCUT2D eigenvalue weighted by molar-refractivity contribution is 0.152. The lowest BCUT2D eigenvalue weighted by atomic mass is 9.94. The molecule has 1 aliphatic carbocycles. The van der Waals surface area contributed by atoms with Crippen molar-refractivity contribution in [2.24, 2.45) is 0 Å².